The van der Waals surface area contributed by atoms with Gasteiger partial charge in [0.15, 0.2) is 0 Å². The number of pyridine rings is 1. The number of hydrogen-bond acceptors (Lipinski definition) is 5. The molecule has 0 radical (unpaired) electrons. The summed E-state index contributed by atoms with van der Waals surface area (Å²) in [6.45, 7) is 4.57. The number of sulfonamides is 1. The van der Waals surface area contributed by atoms with Crippen LogP contribution in [0.4, 0.5) is 0 Å². The lowest BCUT2D eigenvalue weighted by Gasteiger charge is -2.31. The van der Waals surface area contributed by atoms with E-state index in [1.54, 1.807) is 6.07 Å². The molecule has 3 aromatic rings. The van der Waals surface area contributed by atoms with Crippen molar-refractivity contribution in [1.82, 2.24) is 24.6 Å². The minimum atomic E-state index is -3.74. The first-order chi connectivity index (χ1) is 15.3. The van der Waals surface area contributed by atoms with Gasteiger partial charge in [-0.25, -0.2) is 18.4 Å². The monoisotopic (exact) mass is 475 g/mol. The van der Waals surface area contributed by atoms with E-state index in [1.165, 1.54) is 16.6 Å². The van der Waals surface area contributed by atoms with E-state index in [0.717, 1.165) is 16.9 Å². The van der Waals surface area contributed by atoms with Gasteiger partial charge in [0, 0.05) is 25.2 Å². The Balaban J connectivity index is 1.43. The number of nitrogens with one attached hydrogen (secondary N) is 2. The van der Waals surface area contributed by atoms with Crippen molar-refractivity contribution >= 4 is 38.6 Å². The van der Waals surface area contributed by atoms with Gasteiger partial charge in [0.2, 0.25) is 15.9 Å². The van der Waals surface area contributed by atoms with Gasteiger partial charge in [-0.2, -0.15) is 4.31 Å². The van der Waals surface area contributed by atoms with Crippen LogP contribution in [-0.2, 0) is 14.8 Å². The number of para-hydroxylation sites is 2. The van der Waals surface area contributed by atoms with Gasteiger partial charge >= 0.3 is 0 Å². The van der Waals surface area contributed by atoms with Gasteiger partial charge in [0.25, 0.3) is 0 Å². The fraction of sp³-hybridized carbons (Fsp3) is 0.409. The molecule has 1 amide bonds. The third-order valence-electron chi connectivity index (χ3n) is 5.83. The zero-order valence-corrected chi connectivity index (χ0v) is 19.5. The number of fused-ring (bicyclic) bond motifs is 1. The second kappa shape index (κ2) is 9.17. The van der Waals surface area contributed by atoms with Crippen LogP contribution in [0.3, 0.4) is 0 Å². The third-order valence-corrected chi connectivity index (χ3v) is 8.18. The zero-order valence-electron chi connectivity index (χ0n) is 18.0. The summed E-state index contributed by atoms with van der Waals surface area (Å²) >= 11 is 5.99. The largest absolute Gasteiger partial charge is 0.346 e. The summed E-state index contributed by atoms with van der Waals surface area (Å²) in [4.78, 5) is 24.8. The smallest absolute Gasteiger partial charge is 0.246 e. The van der Waals surface area contributed by atoms with Gasteiger partial charge in [0.05, 0.1) is 17.1 Å². The average molecular weight is 476 g/mol. The molecule has 10 heteroatoms. The van der Waals surface area contributed by atoms with Crippen molar-refractivity contribution in [3.05, 3.63) is 53.6 Å². The van der Waals surface area contributed by atoms with E-state index in [2.05, 4.69) is 20.3 Å². The molecule has 1 saturated heterocycles. The summed E-state index contributed by atoms with van der Waals surface area (Å²) in [5.74, 6) is 0.505. The van der Waals surface area contributed by atoms with E-state index in [9.17, 15) is 13.2 Å². The Hall–Kier alpha value is -2.49. The van der Waals surface area contributed by atoms with Gasteiger partial charge < -0.3 is 10.3 Å². The molecule has 2 N–H and O–H groups in total. The maximum atomic E-state index is 13.0. The lowest BCUT2D eigenvalue weighted by atomic mass is 9.95. The Morgan fingerprint density at radius 2 is 1.91 bits per heavy atom. The highest BCUT2D eigenvalue weighted by Crippen LogP contribution is 2.28. The molecule has 170 valence electrons. The number of benzene rings is 1. The van der Waals surface area contributed by atoms with Crippen LogP contribution in [-0.4, -0.2) is 46.7 Å². The van der Waals surface area contributed by atoms with Gasteiger partial charge in [-0.1, -0.05) is 37.6 Å². The van der Waals surface area contributed by atoms with Gasteiger partial charge in [-0.05, 0) is 43.0 Å². The van der Waals surface area contributed by atoms with Gasteiger partial charge in [-0.3, -0.25) is 4.79 Å². The molecule has 0 spiro atoms. The Kier molecular flexibility index (Phi) is 6.50. The number of carbonyl (C=O) groups is 1. The number of nitrogens with zero attached hydrogens (tertiary/aromatic N) is 3. The predicted octanol–water partition coefficient (Wildman–Crippen LogP) is 3.53. The van der Waals surface area contributed by atoms with Crippen molar-refractivity contribution in [2.75, 3.05) is 13.1 Å². The van der Waals surface area contributed by atoms with E-state index in [4.69, 9.17) is 11.6 Å². The van der Waals surface area contributed by atoms with E-state index >= 15 is 0 Å². The molecule has 1 unspecified atom stereocenters. The highest BCUT2D eigenvalue weighted by Gasteiger charge is 2.34. The van der Waals surface area contributed by atoms with E-state index in [-0.39, 0.29) is 46.9 Å². The Bertz CT molecular complexity index is 1190. The molecule has 2 aromatic heterocycles. The first-order valence-electron chi connectivity index (χ1n) is 10.6. The molecule has 1 fully saturated rings. The Morgan fingerprint density at radius 1 is 1.19 bits per heavy atom. The molecule has 1 aliphatic heterocycles. The van der Waals surface area contributed by atoms with Gasteiger partial charge in [0.1, 0.15) is 15.9 Å². The van der Waals surface area contributed by atoms with E-state index in [1.807, 2.05) is 38.1 Å². The van der Waals surface area contributed by atoms with Crippen LogP contribution in [0.25, 0.3) is 11.0 Å². The second-order valence-corrected chi connectivity index (χ2v) is 10.6. The first-order valence-corrected chi connectivity index (χ1v) is 12.4. The number of H-pyrrole nitrogens is 1. The lowest BCUT2D eigenvalue weighted by Crippen LogP contribution is -2.44. The average Bonchev–Trinajstić information content (AvgIpc) is 3.21. The number of aromatic nitrogens is 3. The predicted molar refractivity (Wildman–Crippen MR) is 123 cm³/mol. The van der Waals surface area contributed by atoms with Crippen LogP contribution in [0.15, 0.2) is 47.5 Å². The summed E-state index contributed by atoms with van der Waals surface area (Å²) in [5, 5.41) is 3.08. The maximum Gasteiger partial charge on any atom is 0.246 e. The molecular formula is C22H26ClN5O3S. The number of imidazole rings is 1. The summed E-state index contributed by atoms with van der Waals surface area (Å²) in [6, 6.07) is 10.5. The number of halogens is 1. The molecule has 4 rings (SSSR count). The van der Waals surface area contributed by atoms with Crippen molar-refractivity contribution in [3.8, 4) is 0 Å². The second-order valence-electron chi connectivity index (χ2n) is 8.34. The molecule has 3 heterocycles. The molecule has 0 bridgehead atoms. The number of aromatic amines is 1. The normalized spacial score (nSPS) is 17.0. The number of piperidine rings is 1. The fourth-order valence-corrected chi connectivity index (χ4v) is 5.90. The third kappa shape index (κ3) is 4.51. The van der Waals surface area contributed by atoms with Crippen LogP contribution in [0.2, 0.25) is 5.15 Å². The van der Waals surface area contributed by atoms with Crippen LogP contribution >= 0.6 is 11.6 Å². The van der Waals surface area contributed by atoms with Crippen LogP contribution in [0, 0.1) is 11.8 Å². The number of carbonyl (C=O) groups excluding carboxylic acids is 1. The van der Waals surface area contributed by atoms with Crippen molar-refractivity contribution in [1.29, 1.82) is 0 Å². The lowest BCUT2D eigenvalue weighted by molar-refractivity contribution is -0.127. The molecule has 0 saturated carbocycles. The maximum absolute atomic E-state index is 13.0. The molecule has 8 nitrogen and oxygen atoms in total. The van der Waals surface area contributed by atoms with E-state index in [0.29, 0.717) is 12.8 Å². The van der Waals surface area contributed by atoms with Crippen LogP contribution < -0.4 is 5.32 Å². The quantitative estimate of drug-likeness (QED) is 0.530. The van der Waals surface area contributed by atoms with Crippen molar-refractivity contribution in [3.63, 3.8) is 0 Å². The molecule has 1 aliphatic rings. The highest BCUT2D eigenvalue weighted by atomic mass is 35.5. The molecule has 32 heavy (non-hydrogen) atoms. The minimum absolute atomic E-state index is 0.00525. The summed E-state index contributed by atoms with van der Waals surface area (Å²) < 4.78 is 27.2. The van der Waals surface area contributed by atoms with Crippen molar-refractivity contribution in [2.45, 2.75) is 37.6 Å². The zero-order chi connectivity index (χ0) is 22.9. The Labute approximate surface area is 192 Å². The SMILES string of the molecule is CC(C)C(NC(=O)C1CCN(S(=O)(=O)c2cccnc2Cl)CC1)c1nc2ccccc2[nH]1. The standard InChI is InChI=1S/C22H26ClN5O3S/c1-14(2)19(21-25-16-6-3-4-7-17(16)26-21)27-22(29)15-9-12-28(13-10-15)32(30,31)18-8-5-11-24-20(18)23/h3-8,11,14-15,19H,9-10,12-13H2,1-2H3,(H,25,26)(H,27,29). The number of amides is 1. The highest BCUT2D eigenvalue weighted by molar-refractivity contribution is 7.89. The number of rotatable bonds is 6. The summed E-state index contributed by atoms with van der Waals surface area (Å²) in [6.07, 6.45) is 2.33. The number of hydrogen-bond donors (Lipinski definition) is 2. The molecular weight excluding hydrogens is 450 g/mol. The van der Waals surface area contributed by atoms with Crippen LogP contribution in [0.1, 0.15) is 38.6 Å². The molecule has 1 atom stereocenters. The summed E-state index contributed by atoms with van der Waals surface area (Å²) in [7, 11) is -3.74. The van der Waals surface area contributed by atoms with Crippen molar-refractivity contribution < 1.29 is 13.2 Å². The van der Waals surface area contributed by atoms with Crippen LogP contribution in [0.5, 0.6) is 0 Å². The topological polar surface area (TPSA) is 108 Å². The molecule has 1 aromatic carbocycles. The van der Waals surface area contributed by atoms with Gasteiger partial charge in [-0.15, -0.1) is 0 Å². The van der Waals surface area contributed by atoms with Crippen molar-refractivity contribution in [2.24, 2.45) is 11.8 Å². The first kappa shape index (κ1) is 22.7. The summed E-state index contributed by atoms with van der Waals surface area (Å²) in [5.41, 5.74) is 1.78. The Morgan fingerprint density at radius 3 is 2.56 bits per heavy atom. The molecule has 0 aliphatic carbocycles. The minimum Gasteiger partial charge on any atom is -0.346 e. The van der Waals surface area contributed by atoms with E-state index < -0.39 is 10.0 Å². The fourth-order valence-electron chi connectivity index (χ4n) is 4.00.